The highest BCUT2D eigenvalue weighted by Gasteiger charge is 2.20. The van der Waals surface area contributed by atoms with E-state index in [0.717, 1.165) is 6.26 Å². The molecule has 0 heterocycles. The number of rotatable bonds is 5. The van der Waals surface area contributed by atoms with Crippen LogP contribution in [-0.4, -0.2) is 32.9 Å². The van der Waals surface area contributed by atoms with Crippen molar-refractivity contribution in [2.24, 2.45) is 5.92 Å². The van der Waals surface area contributed by atoms with Crippen LogP contribution in [0.1, 0.15) is 12.5 Å². The molecule has 1 N–H and O–H groups in total. The van der Waals surface area contributed by atoms with E-state index in [2.05, 4.69) is 0 Å². The molecule has 19 heavy (non-hydrogen) atoms. The molecule has 1 atom stereocenters. The van der Waals surface area contributed by atoms with E-state index < -0.39 is 21.7 Å². The molecule has 0 saturated heterocycles. The predicted octanol–water partition coefficient (Wildman–Crippen LogP) is 2.02. The molecule has 0 radical (unpaired) electrons. The van der Waals surface area contributed by atoms with Crippen LogP contribution in [0.4, 0.5) is 0 Å². The summed E-state index contributed by atoms with van der Waals surface area (Å²) in [6, 6.07) is 2.92. The first kappa shape index (κ1) is 15.8. The van der Waals surface area contributed by atoms with Gasteiger partial charge in [-0.15, -0.1) is 0 Å². The highest BCUT2D eigenvalue weighted by Crippen LogP contribution is 2.34. The normalized spacial score (nSPS) is 13.1. The number of sulfone groups is 1. The molecule has 5 nitrogen and oxygen atoms in total. The van der Waals surface area contributed by atoms with Gasteiger partial charge in [-0.2, -0.15) is 0 Å². The molecule has 7 heteroatoms. The van der Waals surface area contributed by atoms with Gasteiger partial charge in [0.2, 0.25) is 0 Å². The topological polar surface area (TPSA) is 80.7 Å². The number of carbonyl (C=O) groups is 1. The number of halogens is 1. The molecular formula is C12H15ClO5S. The number of carboxylic acids is 1. The largest absolute Gasteiger partial charge is 0.494 e. The highest BCUT2D eigenvalue weighted by molar-refractivity contribution is 7.90. The number of aliphatic carboxylic acids is 1. The summed E-state index contributed by atoms with van der Waals surface area (Å²) in [6.07, 6.45) is 1.24. The third-order valence-corrected chi connectivity index (χ3v) is 4.02. The summed E-state index contributed by atoms with van der Waals surface area (Å²) in [6.45, 7) is 1.54. The molecule has 0 saturated carbocycles. The van der Waals surface area contributed by atoms with Crippen LogP contribution in [0, 0.1) is 5.92 Å². The fraction of sp³-hybridized carbons (Fsp3) is 0.417. The second kappa shape index (κ2) is 5.79. The number of carboxylic acid groups (broad SMARTS) is 1. The molecule has 0 aliphatic heterocycles. The molecule has 1 aromatic carbocycles. The van der Waals surface area contributed by atoms with Crippen molar-refractivity contribution in [2.45, 2.75) is 18.2 Å². The predicted molar refractivity (Wildman–Crippen MR) is 71.6 cm³/mol. The van der Waals surface area contributed by atoms with E-state index in [-0.39, 0.29) is 22.1 Å². The summed E-state index contributed by atoms with van der Waals surface area (Å²) in [5.41, 5.74) is 0.543. The SMILES string of the molecule is COc1c(Cl)cc(CC(C)C(=O)O)cc1S(C)(=O)=O. The molecule has 0 aliphatic carbocycles. The second-order valence-corrected chi connectivity index (χ2v) is 6.72. The molecule has 106 valence electrons. The van der Waals surface area contributed by atoms with Gasteiger partial charge >= 0.3 is 5.97 Å². The van der Waals surface area contributed by atoms with E-state index in [9.17, 15) is 13.2 Å². The van der Waals surface area contributed by atoms with Gasteiger partial charge in [0, 0.05) is 6.26 Å². The van der Waals surface area contributed by atoms with E-state index in [1.807, 2.05) is 0 Å². The van der Waals surface area contributed by atoms with Crippen LogP contribution in [0.25, 0.3) is 0 Å². The van der Waals surface area contributed by atoms with Crippen molar-refractivity contribution in [3.8, 4) is 5.75 Å². The minimum absolute atomic E-state index is 0.0323. The molecular weight excluding hydrogens is 292 g/mol. The summed E-state index contributed by atoms with van der Waals surface area (Å²) in [5, 5.41) is 9.02. The fourth-order valence-electron chi connectivity index (χ4n) is 1.65. The van der Waals surface area contributed by atoms with Crippen LogP contribution in [0.2, 0.25) is 5.02 Å². The lowest BCUT2D eigenvalue weighted by Gasteiger charge is -2.13. The summed E-state index contributed by atoms with van der Waals surface area (Å²) in [5.74, 6) is -1.50. The van der Waals surface area contributed by atoms with Crippen molar-refractivity contribution in [2.75, 3.05) is 13.4 Å². The van der Waals surface area contributed by atoms with Gasteiger partial charge in [-0.3, -0.25) is 4.79 Å². The number of hydrogen-bond acceptors (Lipinski definition) is 4. The number of methoxy groups -OCH3 is 1. The molecule has 1 aromatic rings. The van der Waals surface area contributed by atoms with Crippen LogP contribution < -0.4 is 4.74 Å². The fourth-order valence-corrected chi connectivity index (χ4v) is 2.92. The average molecular weight is 307 g/mol. The van der Waals surface area contributed by atoms with Gasteiger partial charge in [0.25, 0.3) is 0 Å². The Balaban J connectivity index is 3.32. The van der Waals surface area contributed by atoms with Gasteiger partial charge < -0.3 is 9.84 Å². The zero-order valence-corrected chi connectivity index (χ0v) is 12.4. The maximum absolute atomic E-state index is 11.7. The van der Waals surface area contributed by atoms with E-state index in [1.54, 1.807) is 6.92 Å². The maximum atomic E-state index is 11.7. The molecule has 0 bridgehead atoms. The Bertz CT molecular complexity index is 594. The minimum atomic E-state index is -3.50. The number of hydrogen-bond donors (Lipinski definition) is 1. The molecule has 0 spiro atoms. The van der Waals surface area contributed by atoms with Crippen LogP contribution in [0.5, 0.6) is 5.75 Å². The van der Waals surface area contributed by atoms with Crippen molar-refractivity contribution >= 4 is 27.4 Å². The van der Waals surface area contributed by atoms with Crippen molar-refractivity contribution in [1.29, 1.82) is 0 Å². The lowest BCUT2D eigenvalue weighted by molar-refractivity contribution is -0.141. The molecule has 1 unspecified atom stereocenters. The third-order valence-electron chi connectivity index (χ3n) is 2.64. The Morgan fingerprint density at radius 2 is 2.05 bits per heavy atom. The monoisotopic (exact) mass is 306 g/mol. The van der Waals surface area contributed by atoms with Crippen LogP contribution in [-0.2, 0) is 21.1 Å². The first-order chi connectivity index (χ1) is 8.66. The zero-order chi connectivity index (χ0) is 14.8. The van der Waals surface area contributed by atoms with Gasteiger partial charge in [-0.05, 0) is 24.1 Å². The Morgan fingerprint density at radius 3 is 2.47 bits per heavy atom. The van der Waals surface area contributed by atoms with E-state index in [0.29, 0.717) is 5.56 Å². The third kappa shape index (κ3) is 3.84. The molecule has 0 amide bonds. The van der Waals surface area contributed by atoms with E-state index in [1.165, 1.54) is 19.2 Å². The standard InChI is InChI=1S/C12H15ClO5S/c1-7(12(14)15)4-8-5-9(13)11(18-2)10(6-8)19(3,16)17/h5-7H,4H2,1-3H3,(H,14,15). The Kier molecular flexibility index (Phi) is 4.81. The summed E-state index contributed by atoms with van der Waals surface area (Å²) < 4.78 is 28.3. The van der Waals surface area contributed by atoms with Gasteiger partial charge in [-0.1, -0.05) is 18.5 Å². The van der Waals surface area contributed by atoms with Crippen LogP contribution in [0.15, 0.2) is 17.0 Å². The zero-order valence-electron chi connectivity index (χ0n) is 10.8. The minimum Gasteiger partial charge on any atom is -0.494 e. The molecule has 0 aromatic heterocycles. The van der Waals surface area contributed by atoms with Crippen molar-refractivity contribution < 1.29 is 23.1 Å². The molecule has 0 aliphatic rings. The van der Waals surface area contributed by atoms with Gasteiger partial charge in [0.15, 0.2) is 15.6 Å². The Labute approximate surface area is 117 Å². The summed E-state index contributed by atoms with van der Waals surface area (Å²) in [7, 11) is -2.17. The number of benzene rings is 1. The summed E-state index contributed by atoms with van der Waals surface area (Å²) >= 11 is 5.97. The van der Waals surface area contributed by atoms with Crippen LogP contribution in [0.3, 0.4) is 0 Å². The maximum Gasteiger partial charge on any atom is 0.306 e. The lowest BCUT2D eigenvalue weighted by Crippen LogP contribution is -2.13. The number of ether oxygens (including phenoxy) is 1. The Morgan fingerprint density at radius 1 is 1.47 bits per heavy atom. The van der Waals surface area contributed by atoms with Crippen molar-refractivity contribution in [1.82, 2.24) is 0 Å². The van der Waals surface area contributed by atoms with E-state index in [4.69, 9.17) is 21.4 Å². The van der Waals surface area contributed by atoms with E-state index >= 15 is 0 Å². The van der Waals surface area contributed by atoms with Crippen molar-refractivity contribution in [3.05, 3.63) is 22.7 Å². The summed E-state index contributed by atoms with van der Waals surface area (Å²) in [4.78, 5) is 10.8. The highest BCUT2D eigenvalue weighted by atomic mass is 35.5. The quantitative estimate of drug-likeness (QED) is 0.900. The first-order valence-corrected chi connectivity index (χ1v) is 7.73. The lowest BCUT2D eigenvalue weighted by atomic mass is 10.0. The van der Waals surface area contributed by atoms with Gasteiger partial charge in [0.1, 0.15) is 4.90 Å². The van der Waals surface area contributed by atoms with Gasteiger partial charge in [-0.25, -0.2) is 8.42 Å². The first-order valence-electron chi connectivity index (χ1n) is 5.46. The van der Waals surface area contributed by atoms with Crippen LogP contribution >= 0.6 is 11.6 Å². The smallest absolute Gasteiger partial charge is 0.306 e. The molecule has 0 fully saturated rings. The Hall–Kier alpha value is -1.27. The second-order valence-electron chi connectivity index (χ2n) is 4.32. The van der Waals surface area contributed by atoms with Crippen molar-refractivity contribution in [3.63, 3.8) is 0 Å². The van der Waals surface area contributed by atoms with Gasteiger partial charge in [0.05, 0.1) is 18.1 Å². The molecule has 1 rings (SSSR count). The average Bonchev–Trinajstić information content (AvgIpc) is 2.26.